The number of rotatable bonds is 5. The van der Waals surface area contributed by atoms with Gasteiger partial charge < -0.3 is 14.9 Å². The largest absolute Gasteiger partial charge is 0.392 e. The summed E-state index contributed by atoms with van der Waals surface area (Å²) in [5.41, 5.74) is 5.22. The van der Waals surface area contributed by atoms with Crippen LogP contribution in [0.15, 0.2) is 65.0 Å². The Bertz CT molecular complexity index is 913. The molecule has 4 heterocycles. The minimum Gasteiger partial charge on any atom is -0.392 e. The van der Waals surface area contributed by atoms with Crippen molar-refractivity contribution >= 4 is 5.70 Å². The molecule has 0 amide bonds. The van der Waals surface area contributed by atoms with E-state index in [-0.39, 0.29) is 6.61 Å². The maximum absolute atomic E-state index is 9.36. The van der Waals surface area contributed by atoms with Crippen molar-refractivity contribution in [3.05, 3.63) is 65.9 Å². The van der Waals surface area contributed by atoms with Gasteiger partial charge in [-0.05, 0) is 60.5 Å². The fraction of sp³-hybridized carbons (Fsp3) is 0.417. The first-order chi connectivity index (χ1) is 14.3. The maximum Gasteiger partial charge on any atom is 0.131 e. The smallest absolute Gasteiger partial charge is 0.131 e. The highest BCUT2D eigenvalue weighted by atomic mass is 16.3. The van der Waals surface area contributed by atoms with E-state index in [1.165, 1.54) is 32.5 Å². The summed E-state index contributed by atoms with van der Waals surface area (Å²) >= 11 is 0. The lowest BCUT2D eigenvalue weighted by atomic mass is 9.79. The quantitative estimate of drug-likeness (QED) is 0.835. The van der Waals surface area contributed by atoms with Gasteiger partial charge >= 0.3 is 0 Å². The van der Waals surface area contributed by atoms with E-state index in [9.17, 15) is 5.11 Å². The highest BCUT2D eigenvalue weighted by molar-refractivity contribution is 5.70. The first-order valence-electron chi connectivity index (χ1n) is 10.6. The topological polar surface area (TPSA) is 51.4 Å². The second kappa shape index (κ2) is 8.09. The fourth-order valence-electron chi connectivity index (χ4n) is 4.95. The fourth-order valence-corrected chi connectivity index (χ4v) is 4.95. The number of hydrogen-bond acceptors (Lipinski definition) is 5. The van der Waals surface area contributed by atoms with E-state index in [1.807, 2.05) is 18.2 Å². The Morgan fingerprint density at radius 2 is 1.76 bits per heavy atom. The third-order valence-corrected chi connectivity index (χ3v) is 6.61. The number of hydrogen-bond donors (Lipinski definition) is 1. The van der Waals surface area contributed by atoms with Crippen LogP contribution in [0.25, 0.3) is 16.8 Å². The molecule has 4 aliphatic heterocycles. The van der Waals surface area contributed by atoms with Crippen LogP contribution < -0.4 is 0 Å². The van der Waals surface area contributed by atoms with E-state index in [4.69, 9.17) is 0 Å². The van der Waals surface area contributed by atoms with Crippen molar-refractivity contribution in [2.45, 2.75) is 19.4 Å². The molecule has 0 radical (unpaired) electrons. The van der Waals surface area contributed by atoms with Gasteiger partial charge in [0.2, 0.25) is 0 Å². The standard InChI is InChI=1S/C24H28N4O/c29-16-18-2-1-3-22(12-18)19-4-6-21(7-5-19)24-15-28(17-25-26-24)14-23-13-27-10-8-20(23)9-11-27/h1-7,12,15,20,23,29H,8-11,13-14,16-17H2. The van der Waals surface area contributed by atoms with Crippen LogP contribution >= 0.6 is 0 Å². The second-order valence-corrected chi connectivity index (χ2v) is 8.50. The van der Waals surface area contributed by atoms with Crippen LogP contribution in [0.4, 0.5) is 0 Å². The van der Waals surface area contributed by atoms with Crippen molar-refractivity contribution < 1.29 is 5.11 Å². The minimum atomic E-state index is 0.0641. The molecule has 0 saturated carbocycles. The van der Waals surface area contributed by atoms with Crippen molar-refractivity contribution in [3.63, 3.8) is 0 Å². The first-order valence-corrected chi connectivity index (χ1v) is 10.6. The van der Waals surface area contributed by atoms with E-state index >= 15 is 0 Å². The maximum atomic E-state index is 9.36. The molecular weight excluding hydrogens is 360 g/mol. The van der Waals surface area contributed by atoms with Gasteiger partial charge in [0.1, 0.15) is 12.4 Å². The van der Waals surface area contributed by atoms with Gasteiger partial charge in [-0.25, -0.2) is 0 Å². The molecule has 6 rings (SSSR count). The summed E-state index contributed by atoms with van der Waals surface area (Å²) in [4.78, 5) is 4.96. The number of aliphatic hydroxyl groups excluding tert-OH is 1. The molecule has 0 aromatic heterocycles. The lowest BCUT2D eigenvalue weighted by Crippen LogP contribution is -2.50. The predicted molar refractivity (Wildman–Crippen MR) is 115 cm³/mol. The molecule has 2 bridgehead atoms. The molecular formula is C24H28N4O. The van der Waals surface area contributed by atoms with E-state index in [0.717, 1.165) is 46.3 Å². The molecule has 2 aromatic rings. The average Bonchev–Trinajstić information content (AvgIpc) is 2.80. The van der Waals surface area contributed by atoms with Gasteiger partial charge in [-0.3, -0.25) is 0 Å². The van der Waals surface area contributed by atoms with E-state index in [1.54, 1.807) is 0 Å². The third kappa shape index (κ3) is 3.98. The number of azo groups is 1. The molecule has 4 aliphatic rings. The number of aliphatic hydroxyl groups is 1. The average molecular weight is 389 g/mol. The van der Waals surface area contributed by atoms with Crippen molar-refractivity contribution in [1.82, 2.24) is 9.80 Å². The lowest BCUT2D eigenvalue weighted by Gasteiger charge is -2.46. The zero-order valence-corrected chi connectivity index (χ0v) is 16.7. The van der Waals surface area contributed by atoms with Crippen LogP contribution in [-0.4, -0.2) is 47.8 Å². The monoisotopic (exact) mass is 388 g/mol. The highest BCUT2D eigenvalue weighted by Gasteiger charge is 2.34. The minimum absolute atomic E-state index is 0.0641. The van der Waals surface area contributed by atoms with Gasteiger partial charge in [0.25, 0.3) is 0 Å². The predicted octanol–water partition coefficient (Wildman–Crippen LogP) is 4.21. The summed E-state index contributed by atoms with van der Waals surface area (Å²) in [6.07, 6.45) is 4.90. The normalized spacial score (nSPS) is 25.9. The van der Waals surface area contributed by atoms with Crippen LogP contribution in [0.5, 0.6) is 0 Å². The van der Waals surface area contributed by atoms with Crippen LogP contribution in [0.1, 0.15) is 24.0 Å². The summed E-state index contributed by atoms with van der Waals surface area (Å²) in [5, 5.41) is 18.2. The van der Waals surface area contributed by atoms with Gasteiger partial charge in [-0.2, -0.15) is 10.2 Å². The Morgan fingerprint density at radius 1 is 0.966 bits per heavy atom. The van der Waals surface area contributed by atoms with Gasteiger partial charge in [-0.15, -0.1) is 0 Å². The van der Waals surface area contributed by atoms with Crippen LogP contribution in [0.2, 0.25) is 0 Å². The number of benzene rings is 2. The van der Waals surface area contributed by atoms with Crippen LogP contribution in [0.3, 0.4) is 0 Å². The Balaban J connectivity index is 1.30. The molecule has 0 aliphatic carbocycles. The van der Waals surface area contributed by atoms with Crippen molar-refractivity contribution in [2.75, 3.05) is 32.8 Å². The molecule has 2 aromatic carbocycles. The molecule has 1 unspecified atom stereocenters. The summed E-state index contributed by atoms with van der Waals surface area (Å²) in [5.74, 6) is 1.63. The zero-order chi connectivity index (χ0) is 19.6. The van der Waals surface area contributed by atoms with Gasteiger partial charge in [-0.1, -0.05) is 42.5 Å². The Morgan fingerprint density at radius 3 is 2.48 bits per heavy atom. The molecule has 3 fully saturated rings. The second-order valence-electron chi connectivity index (χ2n) is 8.50. The molecule has 5 heteroatoms. The Labute approximate surface area is 172 Å². The Hall–Kier alpha value is -2.50. The van der Waals surface area contributed by atoms with E-state index < -0.39 is 0 Å². The molecule has 150 valence electrons. The van der Waals surface area contributed by atoms with Gasteiger partial charge in [0, 0.05) is 24.9 Å². The van der Waals surface area contributed by atoms with Gasteiger partial charge in [0.05, 0.1) is 6.61 Å². The lowest BCUT2D eigenvalue weighted by molar-refractivity contribution is 0.0374. The molecule has 1 N–H and O–H groups in total. The summed E-state index contributed by atoms with van der Waals surface area (Å²) in [6.45, 7) is 5.62. The molecule has 3 saturated heterocycles. The summed E-state index contributed by atoms with van der Waals surface area (Å²) in [6, 6.07) is 16.5. The van der Waals surface area contributed by atoms with Crippen LogP contribution in [-0.2, 0) is 6.61 Å². The summed E-state index contributed by atoms with van der Waals surface area (Å²) < 4.78 is 0. The number of piperidine rings is 3. The Kier molecular flexibility index (Phi) is 5.17. The highest BCUT2D eigenvalue weighted by Crippen LogP contribution is 2.33. The van der Waals surface area contributed by atoms with Crippen molar-refractivity contribution in [2.24, 2.45) is 22.1 Å². The van der Waals surface area contributed by atoms with E-state index in [2.05, 4.69) is 56.6 Å². The van der Waals surface area contributed by atoms with Crippen molar-refractivity contribution in [3.8, 4) is 11.1 Å². The summed E-state index contributed by atoms with van der Waals surface area (Å²) in [7, 11) is 0. The molecule has 29 heavy (non-hydrogen) atoms. The first kappa shape index (κ1) is 18.5. The zero-order valence-electron chi connectivity index (χ0n) is 16.7. The van der Waals surface area contributed by atoms with Crippen LogP contribution in [0, 0.1) is 11.8 Å². The number of nitrogens with zero attached hydrogens (tertiary/aromatic N) is 4. The third-order valence-electron chi connectivity index (χ3n) is 6.61. The molecule has 5 nitrogen and oxygen atoms in total. The number of fused-ring (bicyclic) bond motifs is 3. The molecule has 1 atom stereocenters. The molecule has 0 spiro atoms. The SMILES string of the molecule is OCc1cccc(-c2ccc(C3=CN(CC4CN5CCC4CC5)CN=N3)cc2)c1. The van der Waals surface area contributed by atoms with Crippen molar-refractivity contribution in [1.29, 1.82) is 0 Å². The van der Waals surface area contributed by atoms with E-state index in [0.29, 0.717) is 6.67 Å². The van der Waals surface area contributed by atoms with Gasteiger partial charge in [0.15, 0.2) is 0 Å².